The number of fused-ring (bicyclic) bond motifs is 3. The maximum atomic E-state index is 5.44. The summed E-state index contributed by atoms with van der Waals surface area (Å²) in [7, 11) is 3.40. The van der Waals surface area contributed by atoms with Crippen LogP contribution in [0, 0.1) is 0 Å². The molecule has 0 atom stereocenters. The van der Waals surface area contributed by atoms with Crippen LogP contribution >= 0.6 is 11.8 Å². The minimum Gasteiger partial charge on any atom is -0.497 e. The van der Waals surface area contributed by atoms with Gasteiger partial charge in [0, 0.05) is 25.0 Å². The second kappa shape index (κ2) is 14.1. The van der Waals surface area contributed by atoms with Crippen LogP contribution in [0.4, 0.5) is 5.82 Å². The minimum atomic E-state index is 0.663. The van der Waals surface area contributed by atoms with Gasteiger partial charge < -0.3 is 18.9 Å². The Balaban J connectivity index is 1.31. The molecule has 0 amide bonds. The fourth-order valence-corrected chi connectivity index (χ4v) is 7.12. The van der Waals surface area contributed by atoms with E-state index in [9.17, 15) is 0 Å². The lowest BCUT2D eigenvalue weighted by atomic mass is 10.1. The van der Waals surface area contributed by atoms with Crippen molar-refractivity contribution in [3.63, 3.8) is 0 Å². The van der Waals surface area contributed by atoms with E-state index < -0.39 is 0 Å². The van der Waals surface area contributed by atoms with Gasteiger partial charge in [0.05, 0.1) is 31.8 Å². The lowest BCUT2D eigenvalue weighted by Crippen LogP contribution is -2.23. The number of nitrogens with zero attached hydrogens (tertiary/aromatic N) is 5. The summed E-state index contributed by atoms with van der Waals surface area (Å²) in [5.41, 5.74) is 7.97. The van der Waals surface area contributed by atoms with Crippen molar-refractivity contribution in [2.75, 3.05) is 38.5 Å². The van der Waals surface area contributed by atoms with Gasteiger partial charge in [-0.25, -0.2) is 9.97 Å². The third kappa shape index (κ3) is 6.80. The molecule has 0 bridgehead atoms. The van der Waals surface area contributed by atoms with Crippen molar-refractivity contribution in [1.82, 2.24) is 19.4 Å². The summed E-state index contributed by atoms with van der Waals surface area (Å²) >= 11 is 1.68. The topological polar surface area (TPSA) is 55.7 Å². The summed E-state index contributed by atoms with van der Waals surface area (Å²) in [5.74, 6) is 2.56. The standard InChI is InChI=1S/C39H41N5O2S/c1-45-32-18-14-29(15-19-32)25-43(26-30-16-20-33(46-2)21-17-30)38-36-37(34-8-4-5-9-35(34)40-38)44(39(41-36)47-3)27-31-12-10-28(11-13-31)24-42-22-6-7-23-42/h4-5,8-21H,6-7,22-27H2,1-3H3. The third-order valence-electron chi connectivity index (χ3n) is 9.05. The van der Waals surface area contributed by atoms with Crippen LogP contribution in [-0.2, 0) is 26.2 Å². The number of para-hydroxylation sites is 1. The van der Waals surface area contributed by atoms with E-state index in [0.29, 0.717) is 13.1 Å². The second-order valence-corrected chi connectivity index (χ2v) is 13.0. The highest BCUT2D eigenvalue weighted by Crippen LogP contribution is 2.36. The van der Waals surface area contributed by atoms with Crippen LogP contribution < -0.4 is 14.4 Å². The van der Waals surface area contributed by atoms with Gasteiger partial charge in [-0.15, -0.1) is 0 Å². The Morgan fingerprint density at radius 1 is 0.681 bits per heavy atom. The third-order valence-corrected chi connectivity index (χ3v) is 9.72. The van der Waals surface area contributed by atoms with Gasteiger partial charge in [0.2, 0.25) is 0 Å². The van der Waals surface area contributed by atoms with Gasteiger partial charge in [-0.1, -0.05) is 78.5 Å². The molecular formula is C39H41N5O2S. The second-order valence-electron chi connectivity index (χ2n) is 12.2. The average molecular weight is 644 g/mol. The van der Waals surface area contributed by atoms with Crippen LogP contribution in [0.2, 0.25) is 0 Å². The van der Waals surface area contributed by atoms with E-state index in [-0.39, 0.29) is 0 Å². The van der Waals surface area contributed by atoms with Crippen LogP contribution in [0.15, 0.2) is 102 Å². The summed E-state index contributed by atoms with van der Waals surface area (Å²) in [4.78, 5) is 15.5. The first-order valence-electron chi connectivity index (χ1n) is 16.3. The molecule has 0 unspecified atom stereocenters. The van der Waals surface area contributed by atoms with Crippen LogP contribution in [0.1, 0.15) is 35.1 Å². The van der Waals surface area contributed by atoms with Gasteiger partial charge >= 0.3 is 0 Å². The summed E-state index contributed by atoms with van der Waals surface area (Å²) in [6, 6.07) is 34.2. The molecule has 3 heterocycles. The molecule has 0 N–H and O–H groups in total. The molecule has 6 aromatic rings. The highest BCUT2D eigenvalue weighted by molar-refractivity contribution is 7.98. The van der Waals surface area contributed by atoms with E-state index in [4.69, 9.17) is 19.4 Å². The number of anilines is 1. The molecule has 0 saturated carbocycles. The predicted octanol–water partition coefficient (Wildman–Crippen LogP) is 8.17. The first kappa shape index (κ1) is 31.1. The molecule has 0 aliphatic carbocycles. The molecule has 7 nitrogen and oxygen atoms in total. The van der Waals surface area contributed by atoms with Crippen LogP contribution in [-0.4, -0.2) is 53.0 Å². The first-order chi connectivity index (χ1) is 23.1. The van der Waals surface area contributed by atoms with Crippen molar-refractivity contribution in [2.45, 2.75) is 44.2 Å². The number of hydrogen-bond acceptors (Lipinski definition) is 7. The Kier molecular flexibility index (Phi) is 9.31. The highest BCUT2D eigenvalue weighted by atomic mass is 32.2. The molecule has 8 heteroatoms. The number of rotatable bonds is 12. The van der Waals surface area contributed by atoms with Crippen LogP contribution in [0.25, 0.3) is 21.9 Å². The van der Waals surface area contributed by atoms with Gasteiger partial charge in [-0.3, -0.25) is 4.90 Å². The number of methoxy groups -OCH3 is 2. The van der Waals surface area contributed by atoms with E-state index in [1.165, 1.54) is 48.2 Å². The first-order valence-corrected chi connectivity index (χ1v) is 17.5. The quantitative estimate of drug-likeness (QED) is 0.125. The highest BCUT2D eigenvalue weighted by Gasteiger charge is 2.23. The zero-order chi connectivity index (χ0) is 32.2. The zero-order valence-electron chi connectivity index (χ0n) is 27.4. The Morgan fingerprint density at radius 2 is 1.23 bits per heavy atom. The van der Waals surface area contributed by atoms with E-state index in [0.717, 1.165) is 57.5 Å². The van der Waals surface area contributed by atoms with Crippen LogP contribution in [0.5, 0.6) is 11.5 Å². The van der Waals surface area contributed by atoms with Crippen molar-refractivity contribution in [2.24, 2.45) is 0 Å². The molecule has 240 valence electrons. The Hall–Kier alpha value is -4.53. The van der Waals surface area contributed by atoms with E-state index in [1.54, 1.807) is 26.0 Å². The SMILES string of the molecule is COc1ccc(CN(Cc2ccc(OC)cc2)c2nc3ccccc3c3c2nc(SC)n3Cc2ccc(CN3CCCC3)cc2)cc1. The summed E-state index contributed by atoms with van der Waals surface area (Å²) in [6.45, 7) is 5.50. The van der Waals surface area contributed by atoms with Crippen molar-refractivity contribution < 1.29 is 9.47 Å². The monoisotopic (exact) mass is 643 g/mol. The molecule has 7 rings (SSSR count). The number of likely N-dealkylation sites (tertiary alicyclic amines) is 1. The number of pyridine rings is 1. The van der Waals surface area contributed by atoms with Gasteiger partial charge in [0.1, 0.15) is 17.0 Å². The summed E-state index contributed by atoms with van der Waals surface area (Å²) < 4.78 is 13.3. The normalized spacial score (nSPS) is 13.4. The van der Waals surface area contributed by atoms with Crippen molar-refractivity contribution in [3.05, 3.63) is 119 Å². The van der Waals surface area contributed by atoms with E-state index in [2.05, 4.69) is 93.4 Å². The molecule has 0 radical (unpaired) electrons. The lowest BCUT2D eigenvalue weighted by molar-refractivity contribution is 0.331. The van der Waals surface area contributed by atoms with Gasteiger partial charge in [-0.05, 0) is 84.8 Å². The largest absolute Gasteiger partial charge is 0.497 e. The zero-order valence-corrected chi connectivity index (χ0v) is 28.2. The summed E-state index contributed by atoms with van der Waals surface area (Å²) in [5, 5.41) is 2.09. The molecule has 4 aromatic carbocycles. The fraction of sp³-hybridized carbons (Fsp3) is 0.282. The molecule has 47 heavy (non-hydrogen) atoms. The number of thioether (sulfide) groups is 1. The number of imidazole rings is 1. The lowest BCUT2D eigenvalue weighted by Gasteiger charge is -2.25. The number of hydrogen-bond donors (Lipinski definition) is 0. The van der Waals surface area contributed by atoms with Crippen molar-refractivity contribution in [1.29, 1.82) is 0 Å². The molecular weight excluding hydrogens is 603 g/mol. The smallest absolute Gasteiger partial charge is 0.169 e. The van der Waals surface area contributed by atoms with Gasteiger partial charge in [0.15, 0.2) is 11.0 Å². The maximum absolute atomic E-state index is 5.44. The number of benzene rings is 4. The predicted molar refractivity (Wildman–Crippen MR) is 193 cm³/mol. The molecule has 1 aliphatic rings. The number of ether oxygens (including phenoxy) is 2. The Bertz CT molecular complexity index is 1900. The Morgan fingerprint density at radius 3 is 1.81 bits per heavy atom. The maximum Gasteiger partial charge on any atom is 0.169 e. The summed E-state index contributed by atoms with van der Waals surface area (Å²) in [6.07, 6.45) is 4.73. The van der Waals surface area contributed by atoms with Crippen LogP contribution in [0.3, 0.4) is 0 Å². The molecule has 1 saturated heterocycles. The molecule has 1 aliphatic heterocycles. The number of aromatic nitrogens is 3. The van der Waals surface area contributed by atoms with Crippen molar-refractivity contribution >= 4 is 39.5 Å². The Labute approximate surface area is 281 Å². The molecule has 0 spiro atoms. The minimum absolute atomic E-state index is 0.663. The fourth-order valence-electron chi connectivity index (χ4n) is 6.56. The van der Waals surface area contributed by atoms with E-state index >= 15 is 0 Å². The van der Waals surface area contributed by atoms with Gasteiger partial charge in [0.25, 0.3) is 0 Å². The average Bonchev–Trinajstić information content (AvgIpc) is 3.77. The van der Waals surface area contributed by atoms with Crippen molar-refractivity contribution in [3.8, 4) is 11.5 Å². The molecule has 1 fully saturated rings. The molecule has 2 aromatic heterocycles. The van der Waals surface area contributed by atoms with Gasteiger partial charge in [-0.2, -0.15) is 0 Å². The van der Waals surface area contributed by atoms with E-state index in [1.807, 2.05) is 24.3 Å².